The van der Waals surface area contributed by atoms with Crippen LogP contribution in [0.1, 0.15) is 26.1 Å². The normalized spacial score (nSPS) is 11.6. The SMILES string of the molecule is CC(C)(CCO)NCc1ncccn1. The van der Waals surface area contributed by atoms with Gasteiger partial charge >= 0.3 is 0 Å². The molecule has 0 bridgehead atoms. The highest BCUT2D eigenvalue weighted by Gasteiger charge is 2.15. The molecule has 1 rings (SSSR count). The lowest BCUT2D eigenvalue weighted by atomic mass is 10.0. The summed E-state index contributed by atoms with van der Waals surface area (Å²) in [6.07, 6.45) is 4.17. The second-order valence-corrected chi connectivity index (χ2v) is 3.88. The summed E-state index contributed by atoms with van der Waals surface area (Å²) < 4.78 is 0. The molecule has 0 fully saturated rings. The van der Waals surface area contributed by atoms with Crippen molar-refractivity contribution in [2.45, 2.75) is 32.4 Å². The Labute approximate surface area is 84.4 Å². The second kappa shape index (κ2) is 5.02. The van der Waals surface area contributed by atoms with Crippen LogP contribution in [0, 0.1) is 0 Å². The number of aliphatic hydroxyl groups is 1. The van der Waals surface area contributed by atoms with Crippen LogP contribution in [0.15, 0.2) is 18.5 Å². The summed E-state index contributed by atoms with van der Waals surface area (Å²) in [5, 5.41) is 12.1. The molecular formula is C10H17N3O. The van der Waals surface area contributed by atoms with E-state index in [1.54, 1.807) is 18.5 Å². The Balaban J connectivity index is 2.40. The van der Waals surface area contributed by atoms with Crippen LogP contribution in [-0.2, 0) is 6.54 Å². The molecule has 4 heteroatoms. The first-order chi connectivity index (χ1) is 6.64. The zero-order chi connectivity index (χ0) is 10.4. The van der Waals surface area contributed by atoms with Gasteiger partial charge in [-0.2, -0.15) is 0 Å². The second-order valence-electron chi connectivity index (χ2n) is 3.88. The van der Waals surface area contributed by atoms with Gasteiger partial charge in [-0.15, -0.1) is 0 Å². The molecule has 0 saturated heterocycles. The van der Waals surface area contributed by atoms with Gasteiger partial charge in [-0.25, -0.2) is 9.97 Å². The van der Waals surface area contributed by atoms with Gasteiger partial charge in [0.25, 0.3) is 0 Å². The Bertz CT molecular complexity index is 261. The smallest absolute Gasteiger partial charge is 0.141 e. The van der Waals surface area contributed by atoms with Crippen molar-refractivity contribution < 1.29 is 5.11 Å². The Kier molecular flexibility index (Phi) is 3.98. The lowest BCUT2D eigenvalue weighted by Gasteiger charge is -2.24. The van der Waals surface area contributed by atoms with Gasteiger partial charge in [0.15, 0.2) is 0 Å². The third-order valence-corrected chi connectivity index (χ3v) is 2.08. The minimum absolute atomic E-state index is 0.0754. The molecule has 78 valence electrons. The van der Waals surface area contributed by atoms with Crippen molar-refractivity contribution >= 4 is 0 Å². The number of aliphatic hydroxyl groups excluding tert-OH is 1. The zero-order valence-corrected chi connectivity index (χ0v) is 8.70. The largest absolute Gasteiger partial charge is 0.396 e. The molecule has 14 heavy (non-hydrogen) atoms. The van der Waals surface area contributed by atoms with E-state index in [0.29, 0.717) is 6.54 Å². The third-order valence-electron chi connectivity index (χ3n) is 2.08. The zero-order valence-electron chi connectivity index (χ0n) is 8.70. The maximum Gasteiger partial charge on any atom is 0.141 e. The summed E-state index contributed by atoms with van der Waals surface area (Å²) in [5.74, 6) is 0.776. The van der Waals surface area contributed by atoms with E-state index in [4.69, 9.17) is 5.11 Å². The lowest BCUT2D eigenvalue weighted by molar-refractivity contribution is 0.229. The molecule has 1 aromatic heterocycles. The van der Waals surface area contributed by atoms with Gasteiger partial charge in [-0.05, 0) is 26.3 Å². The van der Waals surface area contributed by atoms with Gasteiger partial charge in [-0.3, -0.25) is 0 Å². The molecule has 1 aromatic rings. The molecule has 0 atom stereocenters. The number of nitrogens with zero attached hydrogens (tertiary/aromatic N) is 2. The molecule has 0 aromatic carbocycles. The van der Waals surface area contributed by atoms with Gasteiger partial charge in [-0.1, -0.05) is 0 Å². The minimum atomic E-state index is -0.0754. The van der Waals surface area contributed by atoms with Crippen molar-refractivity contribution in [1.82, 2.24) is 15.3 Å². The van der Waals surface area contributed by atoms with E-state index in [0.717, 1.165) is 12.2 Å². The predicted molar refractivity (Wildman–Crippen MR) is 54.7 cm³/mol. The maximum atomic E-state index is 8.83. The summed E-state index contributed by atoms with van der Waals surface area (Å²) in [6.45, 7) is 4.92. The van der Waals surface area contributed by atoms with Crippen LogP contribution >= 0.6 is 0 Å². The Morgan fingerprint density at radius 2 is 2.00 bits per heavy atom. The highest BCUT2D eigenvalue weighted by atomic mass is 16.3. The first-order valence-electron chi connectivity index (χ1n) is 4.76. The number of aromatic nitrogens is 2. The van der Waals surface area contributed by atoms with E-state index >= 15 is 0 Å². The molecule has 1 heterocycles. The van der Waals surface area contributed by atoms with Crippen LogP contribution in [0.25, 0.3) is 0 Å². The fraction of sp³-hybridized carbons (Fsp3) is 0.600. The molecule has 0 aliphatic heterocycles. The number of rotatable bonds is 5. The molecule has 0 unspecified atom stereocenters. The van der Waals surface area contributed by atoms with Crippen LogP contribution in [0.4, 0.5) is 0 Å². The molecule has 0 radical (unpaired) electrons. The van der Waals surface area contributed by atoms with Crippen molar-refractivity contribution in [3.8, 4) is 0 Å². The molecule has 0 saturated carbocycles. The van der Waals surface area contributed by atoms with Gasteiger partial charge in [0.05, 0.1) is 6.54 Å². The third kappa shape index (κ3) is 3.81. The van der Waals surface area contributed by atoms with E-state index in [-0.39, 0.29) is 12.1 Å². The van der Waals surface area contributed by atoms with Crippen molar-refractivity contribution in [2.24, 2.45) is 0 Å². The van der Waals surface area contributed by atoms with Crippen LogP contribution in [-0.4, -0.2) is 27.2 Å². The number of hydrogen-bond donors (Lipinski definition) is 2. The fourth-order valence-corrected chi connectivity index (χ4v) is 1.11. The van der Waals surface area contributed by atoms with E-state index in [9.17, 15) is 0 Å². The average Bonchev–Trinajstić information content (AvgIpc) is 2.17. The maximum absolute atomic E-state index is 8.83. The molecule has 4 nitrogen and oxygen atoms in total. The average molecular weight is 195 g/mol. The first kappa shape index (κ1) is 11.1. The molecule has 0 aliphatic rings. The van der Waals surface area contributed by atoms with Crippen molar-refractivity contribution in [2.75, 3.05) is 6.61 Å². The highest BCUT2D eigenvalue weighted by molar-refractivity contribution is 4.89. The topological polar surface area (TPSA) is 58.0 Å². The molecule has 0 spiro atoms. The lowest BCUT2D eigenvalue weighted by Crippen LogP contribution is -2.39. The monoisotopic (exact) mass is 195 g/mol. The van der Waals surface area contributed by atoms with Crippen molar-refractivity contribution in [1.29, 1.82) is 0 Å². The van der Waals surface area contributed by atoms with Gasteiger partial charge in [0, 0.05) is 24.5 Å². The van der Waals surface area contributed by atoms with Crippen LogP contribution in [0.2, 0.25) is 0 Å². The highest BCUT2D eigenvalue weighted by Crippen LogP contribution is 2.07. The van der Waals surface area contributed by atoms with Crippen LogP contribution in [0.5, 0.6) is 0 Å². The Morgan fingerprint density at radius 3 is 2.57 bits per heavy atom. The summed E-state index contributed by atoms with van der Waals surface area (Å²) in [6, 6.07) is 1.79. The summed E-state index contributed by atoms with van der Waals surface area (Å²) in [5.41, 5.74) is -0.0754. The molecular weight excluding hydrogens is 178 g/mol. The van der Waals surface area contributed by atoms with Gasteiger partial charge in [0.1, 0.15) is 5.82 Å². The summed E-state index contributed by atoms with van der Waals surface area (Å²) in [7, 11) is 0. The minimum Gasteiger partial charge on any atom is -0.396 e. The Hall–Kier alpha value is -1.00. The van der Waals surface area contributed by atoms with E-state index in [1.165, 1.54) is 0 Å². The van der Waals surface area contributed by atoms with Gasteiger partial charge in [0.2, 0.25) is 0 Å². The number of hydrogen-bond acceptors (Lipinski definition) is 4. The van der Waals surface area contributed by atoms with E-state index < -0.39 is 0 Å². The first-order valence-corrected chi connectivity index (χ1v) is 4.76. The number of nitrogens with one attached hydrogen (secondary N) is 1. The predicted octanol–water partition coefficient (Wildman–Crippen LogP) is 0.727. The standard InChI is InChI=1S/C10H17N3O/c1-10(2,4-7-14)13-8-9-11-5-3-6-12-9/h3,5-6,13-14H,4,7-8H2,1-2H3. The summed E-state index contributed by atoms with van der Waals surface area (Å²) in [4.78, 5) is 8.21. The summed E-state index contributed by atoms with van der Waals surface area (Å²) >= 11 is 0. The quantitative estimate of drug-likeness (QED) is 0.727. The van der Waals surface area contributed by atoms with Crippen LogP contribution in [0.3, 0.4) is 0 Å². The van der Waals surface area contributed by atoms with Crippen molar-refractivity contribution in [3.63, 3.8) is 0 Å². The van der Waals surface area contributed by atoms with Gasteiger partial charge < -0.3 is 10.4 Å². The fourth-order valence-electron chi connectivity index (χ4n) is 1.11. The van der Waals surface area contributed by atoms with Crippen LogP contribution < -0.4 is 5.32 Å². The van der Waals surface area contributed by atoms with E-state index in [1.807, 2.05) is 13.8 Å². The molecule has 2 N–H and O–H groups in total. The van der Waals surface area contributed by atoms with Crippen molar-refractivity contribution in [3.05, 3.63) is 24.3 Å². The molecule has 0 aliphatic carbocycles. The Morgan fingerprint density at radius 1 is 1.36 bits per heavy atom. The molecule has 0 amide bonds. The van der Waals surface area contributed by atoms with E-state index in [2.05, 4.69) is 15.3 Å².